The summed E-state index contributed by atoms with van der Waals surface area (Å²) in [5.74, 6) is 0.804. The molecule has 1 heterocycles. The van der Waals surface area contributed by atoms with Crippen LogP contribution in [0.5, 0.6) is 0 Å². The van der Waals surface area contributed by atoms with Crippen LogP contribution in [-0.4, -0.2) is 28.1 Å². The van der Waals surface area contributed by atoms with Gasteiger partial charge in [-0.25, -0.2) is 4.98 Å². The summed E-state index contributed by atoms with van der Waals surface area (Å²) in [4.78, 5) is 8.42. The van der Waals surface area contributed by atoms with Gasteiger partial charge in [-0.3, -0.25) is 4.99 Å². The van der Waals surface area contributed by atoms with Crippen molar-refractivity contribution in [2.24, 2.45) is 4.99 Å². The van der Waals surface area contributed by atoms with Crippen LogP contribution in [-0.2, 0) is 13.1 Å². The van der Waals surface area contributed by atoms with E-state index in [0.29, 0.717) is 6.54 Å². The Labute approximate surface area is 190 Å². The third-order valence-electron chi connectivity index (χ3n) is 4.37. The Morgan fingerprint density at radius 3 is 2.41 bits per heavy atom. The summed E-state index contributed by atoms with van der Waals surface area (Å²) in [5, 5.41) is 6.82. The topological polar surface area (TPSA) is 54.2 Å². The van der Waals surface area contributed by atoms with E-state index in [0.717, 1.165) is 12.5 Å². The van der Waals surface area contributed by atoms with Gasteiger partial charge in [0.25, 0.3) is 0 Å². The first-order valence-electron chi connectivity index (χ1n) is 9.56. The van der Waals surface area contributed by atoms with Gasteiger partial charge in [0.05, 0.1) is 6.33 Å². The number of nitrogens with zero attached hydrogens (tertiary/aromatic N) is 3. The van der Waals surface area contributed by atoms with Gasteiger partial charge in [0.2, 0.25) is 0 Å². The number of hydrogen-bond donors (Lipinski definition) is 2. The number of aliphatic imine (C=N–C) groups is 1. The molecule has 0 aliphatic rings. The lowest BCUT2D eigenvalue weighted by Crippen LogP contribution is -2.47. The first-order valence-corrected chi connectivity index (χ1v) is 9.56. The third kappa shape index (κ3) is 6.88. The van der Waals surface area contributed by atoms with Crippen molar-refractivity contribution in [1.82, 2.24) is 20.2 Å². The van der Waals surface area contributed by atoms with Crippen LogP contribution in [0, 0.1) is 0 Å². The number of aromatic nitrogens is 2. The van der Waals surface area contributed by atoms with E-state index in [1.54, 1.807) is 13.2 Å². The minimum atomic E-state index is -0.0353. The van der Waals surface area contributed by atoms with Crippen molar-refractivity contribution in [2.75, 3.05) is 7.05 Å². The molecule has 2 N–H and O–H groups in total. The van der Waals surface area contributed by atoms with Crippen LogP contribution in [0.1, 0.15) is 31.9 Å². The Bertz CT molecular complexity index is 909. The maximum absolute atomic E-state index is 4.32. The predicted octanol–water partition coefficient (Wildman–Crippen LogP) is 4.68. The SMILES string of the molecule is CN=C(NCc1ccccc1-c1ccc(Cn2ccnc2)cc1)NC(C)(C)C.I. The average Bonchev–Trinajstić information content (AvgIpc) is 3.18. The third-order valence-corrected chi connectivity index (χ3v) is 4.37. The number of imidazole rings is 1. The summed E-state index contributed by atoms with van der Waals surface area (Å²) < 4.78 is 2.07. The van der Waals surface area contributed by atoms with Gasteiger partial charge in [0, 0.05) is 38.1 Å². The minimum Gasteiger partial charge on any atom is -0.352 e. The van der Waals surface area contributed by atoms with Crippen molar-refractivity contribution < 1.29 is 0 Å². The van der Waals surface area contributed by atoms with Crippen molar-refractivity contribution in [3.05, 3.63) is 78.4 Å². The fraction of sp³-hybridized carbons (Fsp3) is 0.304. The molecule has 29 heavy (non-hydrogen) atoms. The summed E-state index contributed by atoms with van der Waals surface area (Å²) in [7, 11) is 1.80. The molecule has 6 heteroatoms. The smallest absolute Gasteiger partial charge is 0.191 e. The Morgan fingerprint density at radius 2 is 1.79 bits per heavy atom. The van der Waals surface area contributed by atoms with Gasteiger partial charge in [0.15, 0.2) is 5.96 Å². The molecule has 1 aromatic heterocycles. The molecule has 0 aliphatic heterocycles. The zero-order chi connectivity index (χ0) is 20.0. The van der Waals surface area contributed by atoms with Crippen molar-refractivity contribution >= 4 is 29.9 Å². The van der Waals surface area contributed by atoms with E-state index in [1.165, 1.54) is 22.3 Å². The van der Waals surface area contributed by atoms with E-state index < -0.39 is 0 Å². The van der Waals surface area contributed by atoms with Crippen LogP contribution in [0.15, 0.2) is 72.2 Å². The largest absolute Gasteiger partial charge is 0.352 e. The fourth-order valence-electron chi connectivity index (χ4n) is 3.05. The molecule has 0 atom stereocenters. The summed E-state index contributed by atoms with van der Waals surface area (Å²) in [6.45, 7) is 7.92. The second-order valence-electron chi connectivity index (χ2n) is 7.89. The highest BCUT2D eigenvalue weighted by Crippen LogP contribution is 2.24. The second kappa shape index (κ2) is 10.4. The zero-order valence-electron chi connectivity index (χ0n) is 17.5. The summed E-state index contributed by atoms with van der Waals surface area (Å²) in [6.07, 6.45) is 5.63. The lowest BCUT2D eigenvalue weighted by atomic mass is 9.98. The number of nitrogens with one attached hydrogen (secondary N) is 2. The first-order chi connectivity index (χ1) is 13.4. The quantitative estimate of drug-likeness (QED) is 0.302. The maximum Gasteiger partial charge on any atom is 0.191 e. The van der Waals surface area contributed by atoms with Crippen LogP contribution < -0.4 is 10.6 Å². The fourth-order valence-corrected chi connectivity index (χ4v) is 3.05. The summed E-state index contributed by atoms with van der Waals surface area (Å²) in [6, 6.07) is 17.2. The Hall–Kier alpha value is -2.35. The first kappa shape index (κ1) is 22.9. The Morgan fingerprint density at radius 1 is 1.07 bits per heavy atom. The maximum atomic E-state index is 4.32. The predicted molar refractivity (Wildman–Crippen MR) is 132 cm³/mol. The van der Waals surface area contributed by atoms with Gasteiger partial charge < -0.3 is 15.2 Å². The number of benzene rings is 2. The molecule has 0 bridgehead atoms. The van der Waals surface area contributed by atoms with Crippen molar-refractivity contribution in [2.45, 2.75) is 39.4 Å². The number of rotatable bonds is 5. The van der Waals surface area contributed by atoms with E-state index in [9.17, 15) is 0 Å². The molecular weight excluding hydrogens is 473 g/mol. The molecule has 0 unspecified atom stereocenters. The summed E-state index contributed by atoms with van der Waals surface area (Å²) >= 11 is 0. The number of guanidine groups is 1. The highest BCUT2D eigenvalue weighted by Gasteiger charge is 2.12. The highest BCUT2D eigenvalue weighted by molar-refractivity contribution is 14.0. The Kier molecular flexibility index (Phi) is 8.25. The van der Waals surface area contributed by atoms with Gasteiger partial charge in [-0.05, 0) is 43.0 Å². The molecule has 0 radical (unpaired) electrons. The molecule has 2 aromatic carbocycles. The van der Waals surface area contributed by atoms with Gasteiger partial charge in [-0.1, -0.05) is 48.5 Å². The van der Waals surface area contributed by atoms with Crippen molar-refractivity contribution in [3.63, 3.8) is 0 Å². The molecule has 0 saturated heterocycles. The van der Waals surface area contributed by atoms with Gasteiger partial charge >= 0.3 is 0 Å². The van der Waals surface area contributed by atoms with Crippen LogP contribution in [0.3, 0.4) is 0 Å². The second-order valence-corrected chi connectivity index (χ2v) is 7.89. The molecule has 5 nitrogen and oxygen atoms in total. The van der Waals surface area contributed by atoms with Crippen molar-refractivity contribution in [3.8, 4) is 11.1 Å². The molecule has 0 spiro atoms. The molecule has 154 valence electrons. The zero-order valence-corrected chi connectivity index (χ0v) is 19.8. The monoisotopic (exact) mass is 503 g/mol. The van der Waals surface area contributed by atoms with Gasteiger partial charge in [-0.15, -0.1) is 24.0 Å². The van der Waals surface area contributed by atoms with Crippen LogP contribution >= 0.6 is 24.0 Å². The van der Waals surface area contributed by atoms with Crippen LogP contribution in [0.25, 0.3) is 11.1 Å². The summed E-state index contributed by atoms with van der Waals surface area (Å²) in [5.41, 5.74) is 4.90. The minimum absolute atomic E-state index is 0. The van der Waals surface area contributed by atoms with E-state index in [1.807, 2.05) is 12.5 Å². The lowest BCUT2D eigenvalue weighted by Gasteiger charge is -2.24. The lowest BCUT2D eigenvalue weighted by molar-refractivity contribution is 0.501. The van der Waals surface area contributed by atoms with Gasteiger partial charge in [0.1, 0.15) is 0 Å². The van der Waals surface area contributed by atoms with Crippen molar-refractivity contribution in [1.29, 1.82) is 0 Å². The molecular formula is C23H30IN5. The average molecular weight is 503 g/mol. The van der Waals surface area contributed by atoms with E-state index in [4.69, 9.17) is 0 Å². The van der Waals surface area contributed by atoms with Crippen LogP contribution in [0.4, 0.5) is 0 Å². The normalized spacial score (nSPS) is 11.7. The highest BCUT2D eigenvalue weighted by atomic mass is 127. The van der Waals surface area contributed by atoms with E-state index in [2.05, 4.69) is 94.5 Å². The molecule has 0 aliphatic carbocycles. The number of halogens is 1. The molecule has 0 saturated carbocycles. The molecule has 0 amide bonds. The standard InChI is InChI=1S/C23H29N5.HI/c1-23(2,3)27-22(24-4)26-15-20-7-5-6-8-21(20)19-11-9-18(10-12-19)16-28-14-13-25-17-28;/h5-14,17H,15-16H2,1-4H3,(H2,24,26,27);1H. The van der Waals surface area contributed by atoms with E-state index in [-0.39, 0.29) is 29.5 Å². The molecule has 3 aromatic rings. The Balaban J connectivity index is 0.00000300. The van der Waals surface area contributed by atoms with Crippen LogP contribution in [0.2, 0.25) is 0 Å². The number of hydrogen-bond acceptors (Lipinski definition) is 2. The van der Waals surface area contributed by atoms with E-state index >= 15 is 0 Å². The van der Waals surface area contributed by atoms with Gasteiger partial charge in [-0.2, -0.15) is 0 Å². The molecule has 0 fully saturated rings. The molecule has 3 rings (SSSR count).